The van der Waals surface area contributed by atoms with Gasteiger partial charge in [-0.15, -0.1) is 0 Å². The number of anilines is 1. The Hall–Kier alpha value is -3.48. The SMILES string of the molecule is Cc1ccc(CNC(=O)c2cccc(C(=O)Nc3cc(C)on3)n2)cc1. The fourth-order valence-corrected chi connectivity index (χ4v) is 2.27. The Kier molecular flexibility index (Phi) is 5.07. The van der Waals surface area contributed by atoms with Crippen LogP contribution < -0.4 is 10.6 Å². The summed E-state index contributed by atoms with van der Waals surface area (Å²) < 4.78 is 4.90. The van der Waals surface area contributed by atoms with Crippen LogP contribution in [0, 0.1) is 13.8 Å². The Balaban J connectivity index is 1.64. The Bertz CT molecular complexity index is 932. The van der Waals surface area contributed by atoms with Crippen molar-refractivity contribution >= 4 is 17.6 Å². The van der Waals surface area contributed by atoms with Gasteiger partial charge in [0.25, 0.3) is 11.8 Å². The van der Waals surface area contributed by atoms with E-state index in [9.17, 15) is 9.59 Å². The molecule has 2 N–H and O–H groups in total. The van der Waals surface area contributed by atoms with E-state index in [0.717, 1.165) is 11.1 Å². The topological polar surface area (TPSA) is 97.1 Å². The molecule has 0 aliphatic rings. The molecule has 0 spiro atoms. The molecule has 7 heteroatoms. The summed E-state index contributed by atoms with van der Waals surface area (Å²) in [5.74, 6) is 0.0602. The first-order chi connectivity index (χ1) is 12.5. The predicted octanol–water partition coefficient (Wildman–Crippen LogP) is 2.87. The third-order valence-electron chi connectivity index (χ3n) is 3.66. The normalized spacial score (nSPS) is 10.4. The van der Waals surface area contributed by atoms with Crippen molar-refractivity contribution in [1.82, 2.24) is 15.5 Å². The van der Waals surface area contributed by atoms with Gasteiger partial charge in [0.05, 0.1) is 0 Å². The summed E-state index contributed by atoms with van der Waals surface area (Å²) in [6, 6.07) is 14.2. The maximum atomic E-state index is 12.3. The van der Waals surface area contributed by atoms with Crippen LogP contribution in [0.1, 0.15) is 37.9 Å². The number of aromatic nitrogens is 2. The smallest absolute Gasteiger partial charge is 0.275 e. The zero-order valence-corrected chi connectivity index (χ0v) is 14.4. The molecule has 0 fully saturated rings. The second-order valence-electron chi connectivity index (χ2n) is 5.85. The first-order valence-corrected chi connectivity index (χ1v) is 8.07. The van der Waals surface area contributed by atoms with Crippen LogP contribution in [0.4, 0.5) is 5.82 Å². The van der Waals surface area contributed by atoms with Gasteiger partial charge in [0.2, 0.25) is 0 Å². The summed E-state index contributed by atoms with van der Waals surface area (Å²) in [6.45, 7) is 4.11. The van der Waals surface area contributed by atoms with Gasteiger partial charge in [-0.3, -0.25) is 9.59 Å². The van der Waals surface area contributed by atoms with E-state index in [1.54, 1.807) is 25.1 Å². The van der Waals surface area contributed by atoms with Crippen molar-refractivity contribution in [3.05, 3.63) is 76.8 Å². The molecule has 7 nitrogen and oxygen atoms in total. The molecule has 3 aromatic rings. The second kappa shape index (κ2) is 7.60. The highest BCUT2D eigenvalue weighted by Crippen LogP contribution is 2.09. The maximum absolute atomic E-state index is 12.3. The lowest BCUT2D eigenvalue weighted by Gasteiger charge is -2.07. The van der Waals surface area contributed by atoms with Gasteiger partial charge in [-0.2, -0.15) is 0 Å². The van der Waals surface area contributed by atoms with Crippen molar-refractivity contribution in [3.63, 3.8) is 0 Å². The number of rotatable bonds is 5. The third kappa shape index (κ3) is 4.32. The van der Waals surface area contributed by atoms with Crippen LogP contribution in [-0.4, -0.2) is 22.0 Å². The number of hydrogen-bond donors (Lipinski definition) is 2. The van der Waals surface area contributed by atoms with E-state index in [-0.39, 0.29) is 17.3 Å². The molecule has 0 saturated heterocycles. The Morgan fingerprint density at radius 2 is 1.69 bits per heavy atom. The quantitative estimate of drug-likeness (QED) is 0.737. The lowest BCUT2D eigenvalue weighted by molar-refractivity contribution is 0.0945. The summed E-state index contributed by atoms with van der Waals surface area (Å²) in [5, 5.41) is 9.06. The van der Waals surface area contributed by atoms with Gasteiger partial charge >= 0.3 is 0 Å². The summed E-state index contributed by atoms with van der Waals surface area (Å²) >= 11 is 0. The lowest BCUT2D eigenvalue weighted by Crippen LogP contribution is -2.25. The van der Waals surface area contributed by atoms with Gasteiger partial charge < -0.3 is 15.2 Å². The molecule has 0 radical (unpaired) electrons. The number of carbonyl (C=O) groups excluding carboxylic acids is 2. The minimum Gasteiger partial charge on any atom is -0.360 e. The molecule has 0 unspecified atom stereocenters. The predicted molar refractivity (Wildman–Crippen MR) is 95.8 cm³/mol. The fourth-order valence-electron chi connectivity index (χ4n) is 2.27. The molecule has 2 heterocycles. The van der Waals surface area contributed by atoms with Crippen molar-refractivity contribution in [2.24, 2.45) is 0 Å². The molecule has 1 aromatic carbocycles. The zero-order valence-electron chi connectivity index (χ0n) is 14.4. The van der Waals surface area contributed by atoms with Gasteiger partial charge in [-0.05, 0) is 31.5 Å². The van der Waals surface area contributed by atoms with E-state index < -0.39 is 5.91 Å². The summed E-state index contributed by atoms with van der Waals surface area (Å²) in [5.41, 5.74) is 2.43. The molecule has 0 saturated carbocycles. The Morgan fingerprint density at radius 3 is 2.35 bits per heavy atom. The number of nitrogens with zero attached hydrogens (tertiary/aromatic N) is 2. The zero-order chi connectivity index (χ0) is 18.5. The molecular weight excluding hydrogens is 332 g/mol. The minimum absolute atomic E-state index is 0.119. The van der Waals surface area contributed by atoms with Crippen LogP contribution in [0.25, 0.3) is 0 Å². The molecule has 2 aromatic heterocycles. The van der Waals surface area contributed by atoms with Crippen LogP contribution in [-0.2, 0) is 6.54 Å². The lowest BCUT2D eigenvalue weighted by atomic mass is 10.1. The van der Waals surface area contributed by atoms with E-state index in [1.165, 1.54) is 6.07 Å². The average Bonchev–Trinajstić information content (AvgIpc) is 3.05. The van der Waals surface area contributed by atoms with Crippen LogP contribution in [0.3, 0.4) is 0 Å². The number of benzene rings is 1. The largest absolute Gasteiger partial charge is 0.360 e. The monoisotopic (exact) mass is 350 g/mol. The van der Waals surface area contributed by atoms with E-state index in [2.05, 4.69) is 20.8 Å². The number of amides is 2. The molecule has 0 bridgehead atoms. The van der Waals surface area contributed by atoms with E-state index >= 15 is 0 Å². The van der Waals surface area contributed by atoms with Crippen LogP contribution >= 0.6 is 0 Å². The van der Waals surface area contributed by atoms with Crippen molar-refractivity contribution < 1.29 is 14.1 Å². The fraction of sp³-hybridized carbons (Fsp3) is 0.158. The van der Waals surface area contributed by atoms with Gasteiger partial charge in [0.1, 0.15) is 17.1 Å². The molecule has 0 aliphatic heterocycles. The Morgan fingerprint density at radius 1 is 1.00 bits per heavy atom. The van der Waals surface area contributed by atoms with Crippen molar-refractivity contribution in [1.29, 1.82) is 0 Å². The van der Waals surface area contributed by atoms with Crippen LogP contribution in [0.5, 0.6) is 0 Å². The molecule has 2 amide bonds. The Labute approximate surface area is 150 Å². The minimum atomic E-state index is -0.466. The summed E-state index contributed by atoms with van der Waals surface area (Å²) in [6.07, 6.45) is 0. The average molecular weight is 350 g/mol. The van der Waals surface area contributed by atoms with Crippen LogP contribution in [0.15, 0.2) is 53.1 Å². The van der Waals surface area contributed by atoms with Crippen molar-refractivity contribution in [2.75, 3.05) is 5.32 Å². The number of carbonyl (C=O) groups is 2. The summed E-state index contributed by atoms with van der Waals surface area (Å²) in [4.78, 5) is 28.6. The second-order valence-corrected chi connectivity index (χ2v) is 5.85. The van der Waals surface area contributed by atoms with Gasteiger partial charge in [0.15, 0.2) is 5.82 Å². The molecule has 0 aliphatic carbocycles. The summed E-state index contributed by atoms with van der Waals surface area (Å²) in [7, 11) is 0. The highest BCUT2D eigenvalue weighted by molar-refractivity contribution is 6.03. The highest BCUT2D eigenvalue weighted by Gasteiger charge is 2.14. The molecule has 3 rings (SSSR count). The molecule has 0 atom stereocenters. The number of pyridine rings is 1. The molecule has 132 valence electrons. The number of nitrogens with one attached hydrogen (secondary N) is 2. The first kappa shape index (κ1) is 17.3. The van der Waals surface area contributed by atoms with Gasteiger partial charge in [0, 0.05) is 12.6 Å². The standard InChI is InChI=1S/C19H18N4O3/c1-12-6-8-14(9-7-12)11-20-18(24)15-4-3-5-16(21-15)19(25)22-17-10-13(2)26-23-17/h3-10H,11H2,1-2H3,(H,20,24)(H,22,23,25). The van der Waals surface area contributed by atoms with Gasteiger partial charge in [-0.25, -0.2) is 4.98 Å². The van der Waals surface area contributed by atoms with Crippen molar-refractivity contribution in [3.8, 4) is 0 Å². The molecular formula is C19H18N4O3. The van der Waals surface area contributed by atoms with Gasteiger partial charge in [-0.1, -0.05) is 41.1 Å². The molecule has 26 heavy (non-hydrogen) atoms. The van der Waals surface area contributed by atoms with Crippen LogP contribution in [0.2, 0.25) is 0 Å². The van der Waals surface area contributed by atoms with E-state index in [0.29, 0.717) is 18.1 Å². The number of hydrogen-bond acceptors (Lipinski definition) is 5. The van der Waals surface area contributed by atoms with E-state index in [4.69, 9.17) is 4.52 Å². The highest BCUT2D eigenvalue weighted by atomic mass is 16.5. The van der Waals surface area contributed by atoms with E-state index in [1.807, 2.05) is 31.2 Å². The first-order valence-electron chi connectivity index (χ1n) is 8.07. The number of aryl methyl sites for hydroxylation is 2. The maximum Gasteiger partial charge on any atom is 0.275 e. The third-order valence-corrected chi connectivity index (χ3v) is 3.66. The van der Waals surface area contributed by atoms with Crippen molar-refractivity contribution in [2.45, 2.75) is 20.4 Å².